The van der Waals surface area contributed by atoms with Crippen LogP contribution in [-0.4, -0.2) is 195 Å². The smallest absolute Gasteiger partial charge is 0.411 e. The third-order valence-electron chi connectivity index (χ3n) is 24.6. The van der Waals surface area contributed by atoms with Gasteiger partial charge in [-0.05, 0) is 64.6 Å². The lowest BCUT2D eigenvalue weighted by Crippen LogP contribution is -2.45. The Bertz CT molecular complexity index is 6270. The number of halogens is 3. The first-order valence-corrected chi connectivity index (χ1v) is 53.4. The van der Waals surface area contributed by atoms with E-state index in [9.17, 15) is 79.4 Å². The van der Waals surface area contributed by atoms with Crippen LogP contribution >= 0.6 is 58.3 Å². The molecule has 0 spiro atoms. The Morgan fingerprint density at radius 1 is 0.479 bits per heavy atom. The number of para-hydroxylation sites is 3. The molecular weight excluding hydrogens is 2000 g/mol. The average Bonchev–Trinajstić information content (AvgIpc) is 1.62. The number of nitrogens with zero attached hydrogens (tertiary/aromatic N) is 15. The fourth-order valence-electron chi connectivity index (χ4n) is 17.0. The molecule has 17 atom stereocenters. The first-order valence-electron chi connectivity index (χ1n) is 44.6. The van der Waals surface area contributed by atoms with Crippen LogP contribution in [0.1, 0.15) is 212 Å². The topological polar surface area (TPSA) is 639 Å². The second-order valence-corrected chi connectivity index (χ2v) is 49.0. The first kappa shape index (κ1) is 113. The number of hydrogen-bond acceptors (Lipinski definition) is 35. The number of nitro groups is 3. The van der Waals surface area contributed by atoms with Crippen LogP contribution in [0.2, 0.25) is 28.4 Å². The number of aliphatic hydroxyl groups excluding tert-OH is 5. The summed E-state index contributed by atoms with van der Waals surface area (Å²) in [4.78, 5) is 104. The molecule has 8 aromatic heterocycles. The van der Waals surface area contributed by atoms with Crippen LogP contribution in [-0.2, 0) is 90.1 Å². The van der Waals surface area contributed by atoms with Crippen LogP contribution in [0.3, 0.4) is 0 Å². The van der Waals surface area contributed by atoms with Gasteiger partial charge in [0.25, 0.3) is 17.1 Å². The Morgan fingerprint density at radius 2 is 0.796 bits per heavy atom. The van der Waals surface area contributed by atoms with Crippen LogP contribution in [0.15, 0.2) is 123 Å². The Balaban J connectivity index is 0.000000183. The zero-order valence-electron chi connectivity index (χ0n) is 79.7. The molecule has 0 aliphatic carbocycles. The predicted octanol–water partition coefficient (Wildman–Crippen LogP) is 16.6. The minimum absolute atomic E-state index is 0. The maximum Gasteiger partial charge on any atom is 0.490 e. The Morgan fingerprint density at radius 3 is 1.13 bits per heavy atom. The minimum Gasteiger partial charge on any atom is -0.411 e. The van der Waals surface area contributed by atoms with Gasteiger partial charge in [0.1, 0.15) is 113 Å². The zero-order valence-corrected chi connectivity index (χ0v) is 85.7. The molecule has 46 nitrogen and oxygen atoms in total. The number of phosphoric ester groups is 1. The number of anilines is 2. The maximum atomic E-state index is 12.1. The van der Waals surface area contributed by atoms with Gasteiger partial charge in [-0.15, -0.1) is 11.6 Å². The zero-order chi connectivity index (χ0) is 103. The standard InChI is InChI=1S/C23H27ClN4O6.C23H32N5O15P3.C23H29N5O6.C19H29Cl2N3O2Si.CH4/c1-23(2,3)20(14-6-4-5-7-15(14)28(31)32)33-11-13-9-27(18-8-16(30)17(10-29)34-18)22-19(13)21(24)25-12-26-22;1-23(2,3)20(14-6-4-5-7-15(14)28(30)31)39-10-13-9-27(22-19(13)21(24)25-12-26-22)18-8-16(29)17(41-18)11-40-45(35,36)43-46(37,38)42-44(32,33)34;1-23(2,3)20(14-6-4-5-7-15(14)28(31)32)33-11-13-9-27(18-8-16(30)17(10-29)34-18)22-19(13)21(24)25-12-26-22;1-7-13-14(26-27(5,6)19(2,3)4)8-15(25-13)24-10-12(9-20)16-17(21)22-11-23-18(16)24;/h4-7,9,12,16-18,20,29-30H,8,10-11H2,1-3H3;4-7,9,12,16-18,20,29H,8,10-11H2,1-3H3,(H,35,36)(H,37,38)(H2,24,25,26)(H2,32,33,34);4-7,9,12,16-18,20,29-30H,8,10-11H2,1-3H3,(H2,24,25,26);10-11,13-15H,7-9H2,1-6H3;1H4/t3*16?,17-,18-,20-;13-,14?,15-;/m1111./s1. The van der Waals surface area contributed by atoms with Gasteiger partial charge in [-0.2, -0.15) is 8.62 Å². The molecule has 776 valence electrons. The SMILES string of the molecule is C.CC(C)(C)[C@H](OCc1cn([C@H]2CC(O)[C@@H](CO)O2)c2ncnc(Cl)c12)c1ccccc1[N+](=O)[O-].CC(C)(C)[C@H](OCc1cn([C@H]2CC(O)[C@@H](CO)O2)c2ncnc(N)c12)c1ccccc1[N+](=O)[O-].CC(C)(C)[C@H](OCc1cn([C@H]2CC(O)[C@@H](COP(=O)(O)OP(=O)(O)OP(=O)(O)O)O2)c2ncnc(N)c12)c1ccccc1[N+](=O)[O-].CC[C@H]1O[C@@H](n2cc(CCl)c3c(Cl)ncnc32)CC1O[Si](C)(C)C(C)(C)C. The number of fused-ring (bicyclic) bond motifs is 4. The van der Waals surface area contributed by atoms with Gasteiger partial charge in [0.15, 0.2) is 8.32 Å². The first-order chi connectivity index (χ1) is 66.0. The number of alkyl halides is 1. The number of hydrogen-bond donors (Lipinski definition) is 11. The summed E-state index contributed by atoms with van der Waals surface area (Å²) in [6.07, 6.45) is 5.09. The van der Waals surface area contributed by atoms with Crippen molar-refractivity contribution in [2.75, 3.05) is 31.3 Å². The van der Waals surface area contributed by atoms with E-state index in [0.717, 1.165) is 29.4 Å². The third-order valence-corrected chi connectivity index (χ3v) is 33.7. The molecule has 4 saturated heterocycles. The Kier molecular flexibility index (Phi) is 36.6. The number of aliphatic hydroxyl groups is 5. The van der Waals surface area contributed by atoms with E-state index in [4.69, 9.17) is 93.6 Å². The summed E-state index contributed by atoms with van der Waals surface area (Å²) >= 11 is 18.8. The second kappa shape index (κ2) is 45.9. The lowest BCUT2D eigenvalue weighted by molar-refractivity contribution is -0.386. The van der Waals surface area contributed by atoms with Crippen molar-refractivity contribution in [3.63, 3.8) is 0 Å². The van der Waals surface area contributed by atoms with Crippen LogP contribution in [0.25, 0.3) is 44.1 Å². The number of phosphoric acid groups is 3. The van der Waals surface area contributed by atoms with E-state index in [0.29, 0.717) is 71.9 Å². The molecule has 0 saturated carbocycles. The van der Waals surface area contributed by atoms with E-state index >= 15 is 0 Å². The number of nitro benzene ring substituents is 3. The van der Waals surface area contributed by atoms with E-state index < -0.39 is 143 Å². The number of nitrogens with two attached hydrogens (primary N) is 2. The summed E-state index contributed by atoms with van der Waals surface area (Å²) in [5.74, 6) is 0.699. The Labute approximate surface area is 832 Å². The summed E-state index contributed by atoms with van der Waals surface area (Å²) < 4.78 is 103. The molecular formula is C89H121Cl3N17O29P3Si. The fourth-order valence-corrected chi connectivity index (χ4v) is 22.1. The van der Waals surface area contributed by atoms with Gasteiger partial charge in [-0.1, -0.05) is 157 Å². The molecule has 53 heteroatoms. The molecule has 6 unspecified atom stereocenters. The molecule has 3 aromatic carbocycles. The molecule has 4 fully saturated rings. The van der Waals surface area contributed by atoms with E-state index in [1.54, 1.807) is 82.3 Å². The number of aromatic nitrogens is 12. The summed E-state index contributed by atoms with van der Waals surface area (Å²) in [5, 5.41) is 88.0. The van der Waals surface area contributed by atoms with Crippen molar-refractivity contribution in [1.82, 2.24) is 58.1 Å². The van der Waals surface area contributed by atoms with Crippen molar-refractivity contribution < 1.29 is 124 Å². The number of ether oxygens (including phenoxy) is 7. The van der Waals surface area contributed by atoms with Gasteiger partial charge in [-0.25, -0.2) is 53.6 Å². The molecule has 0 radical (unpaired) electrons. The van der Waals surface area contributed by atoms with Crippen LogP contribution < -0.4 is 11.5 Å². The summed E-state index contributed by atoms with van der Waals surface area (Å²) in [6.45, 7) is 29.5. The second-order valence-electron chi connectivity index (χ2n) is 38.9. The van der Waals surface area contributed by atoms with Crippen molar-refractivity contribution in [3.8, 4) is 0 Å². The number of nitrogen functional groups attached to an aromatic ring is 2. The van der Waals surface area contributed by atoms with E-state index in [2.05, 4.69) is 93.8 Å². The van der Waals surface area contributed by atoms with Crippen molar-refractivity contribution in [2.24, 2.45) is 16.2 Å². The van der Waals surface area contributed by atoms with E-state index in [1.165, 1.54) is 48.1 Å². The van der Waals surface area contributed by atoms with Crippen molar-refractivity contribution in [2.45, 2.75) is 265 Å². The lowest BCUT2D eigenvalue weighted by Gasteiger charge is -2.39. The van der Waals surface area contributed by atoms with Crippen molar-refractivity contribution >= 4 is 139 Å². The fraction of sp³-hybridized carbons (Fsp3) is 0.528. The Hall–Kier alpha value is -9.08. The monoisotopic (exact) mass is 2120 g/mol. The van der Waals surface area contributed by atoms with E-state index in [-0.39, 0.29) is 123 Å². The highest BCUT2D eigenvalue weighted by Gasteiger charge is 2.48. The summed E-state index contributed by atoms with van der Waals surface area (Å²) in [5.41, 5.74) is 16.9. The molecule has 15 rings (SSSR count). The highest BCUT2D eigenvalue weighted by atomic mass is 35.5. The summed E-state index contributed by atoms with van der Waals surface area (Å²) in [7, 11) is -18.6. The maximum absolute atomic E-state index is 12.1. The highest BCUT2D eigenvalue weighted by Crippen LogP contribution is 2.67. The van der Waals surface area contributed by atoms with E-state index in [1.807, 2.05) is 73.1 Å². The molecule has 11 aromatic rings. The summed E-state index contributed by atoms with van der Waals surface area (Å²) in [6, 6.07) is 19.3. The van der Waals surface area contributed by atoms with Gasteiger partial charge >= 0.3 is 23.5 Å². The quantitative estimate of drug-likeness (QED) is 0.00466. The molecule has 12 heterocycles. The molecule has 142 heavy (non-hydrogen) atoms. The average molecular weight is 2120 g/mol. The lowest BCUT2D eigenvalue weighted by atomic mass is 9.84. The van der Waals surface area contributed by atoms with Gasteiger partial charge < -0.3 is 112 Å². The number of benzene rings is 3. The molecule has 0 bridgehead atoms. The van der Waals surface area contributed by atoms with Crippen molar-refractivity contribution in [3.05, 3.63) is 202 Å². The van der Waals surface area contributed by atoms with Gasteiger partial charge in [0, 0.05) is 91.2 Å². The minimum atomic E-state index is -5.73. The molecule has 13 N–H and O–H groups in total. The van der Waals surface area contributed by atoms with Crippen LogP contribution in [0, 0.1) is 46.6 Å². The predicted molar refractivity (Wildman–Crippen MR) is 524 cm³/mol. The van der Waals surface area contributed by atoms with Crippen molar-refractivity contribution in [1.29, 1.82) is 0 Å². The largest absolute Gasteiger partial charge is 0.490 e. The van der Waals surface area contributed by atoms with Crippen LogP contribution in [0.4, 0.5) is 28.7 Å². The van der Waals surface area contributed by atoms with Gasteiger partial charge in [-0.3, -0.25) is 34.9 Å². The van der Waals surface area contributed by atoms with Gasteiger partial charge in [0.05, 0.1) is 141 Å². The third kappa shape index (κ3) is 26.5. The van der Waals surface area contributed by atoms with Crippen LogP contribution in [0.5, 0.6) is 0 Å². The normalized spacial score (nSPS) is 22.2. The highest BCUT2D eigenvalue weighted by molar-refractivity contribution is 7.66. The van der Waals surface area contributed by atoms with Gasteiger partial charge in [0.2, 0.25) is 0 Å². The molecule has 4 aliphatic heterocycles. The number of rotatable bonds is 32. The molecule has 0 amide bonds. The molecule has 4 aliphatic rings.